The van der Waals surface area contributed by atoms with Crippen molar-refractivity contribution >= 4 is 17.2 Å². The highest BCUT2D eigenvalue weighted by Gasteiger charge is 2.12. The quantitative estimate of drug-likeness (QED) is 0.131. The highest BCUT2D eigenvalue weighted by atomic mass is 35.5. The fourth-order valence-corrected chi connectivity index (χ4v) is 3.97. The molecule has 4 nitrogen and oxygen atoms in total. The molecule has 0 spiro atoms. The van der Waals surface area contributed by atoms with Crippen LogP contribution in [0.3, 0.4) is 0 Å². The molecule has 196 valence electrons. The number of rotatable bonds is 14. The molecule has 3 aromatic rings. The van der Waals surface area contributed by atoms with E-state index in [4.69, 9.17) is 4.74 Å². The fourth-order valence-electron chi connectivity index (χ4n) is 3.97. The van der Waals surface area contributed by atoms with Crippen LogP contribution < -0.4 is 44.8 Å². The van der Waals surface area contributed by atoms with E-state index in [-0.39, 0.29) is 24.8 Å². The van der Waals surface area contributed by atoms with Crippen molar-refractivity contribution in [2.75, 3.05) is 31.6 Å². The average molecular weight is 531 g/mol. The molecule has 0 saturated carbocycles. The summed E-state index contributed by atoms with van der Waals surface area (Å²) in [7, 11) is 0. The summed E-state index contributed by atoms with van der Waals surface area (Å²) in [4.78, 5) is 5.26. The van der Waals surface area contributed by atoms with Gasteiger partial charge in [-0.25, -0.2) is 10.3 Å². The molecular weight excluding hydrogens is 489 g/mol. The standard InChI is InChI=1S/C30H39N3O.2ClH/c1-3-5-22-33(23-6-4-2)24-13-25-34-29-20-18-28(19-21-29)32-30(26-14-9-7-10-15-26)31-27-16-11-8-12-17-27;;/h7-12,14-21H,3-6,13,22-25H2,1-2H3,(H,31,32);2*1H. The van der Waals surface area contributed by atoms with Gasteiger partial charge in [0.2, 0.25) is 0 Å². The number of para-hydroxylation sites is 1. The number of quaternary nitrogens is 1. The molecular formula is C30H41Cl2N3O. The molecule has 0 aliphatic heterocycles. The first-order valence-corrected chi connectivity index (χ1v) is 12.9. The van der Waals surface area contributed by atoms with Gasteiger partial charge in [0, 0.05) is 6.42 Å². The molecule has 36 heavy (non-hydrogen) atoms. The molecule has 0 aliphatic carbocycles. The Kier molecular flexibility index (Phi) is 16.4. The van der Waals surface area contributed by atoms with Gasteiger partial charge in [-0.1, -0.05) is 63.1 Å². The molecule has 0 saturated heterocycles. The fraction of sp³-hybridized carbons (Fsp3) is 0.367. The summed E-state index contributed by atoms with van der Waals surface area (Å²) < 4.78 is 6.04. The summed E-state index contributed by atoms with van der Waals surface area (Å²) in [6, 6.07) is 28.8. The molecule has 6 heteroatoms. The zero-order valence-electron chi connectivity index (χ0n) is 21.6. The topological polar surface area (TPSA) is 39.7 Å². The maximum atomic E-state index is 6.04. The van der Waals surface area contributed by atoms with Crippen LogP contribution in [0.5, 0.6) is 5.75 Å². The zero-order valence-corrected chi connectivity index (χ0v) is 23.1. The largest absolute Gasteiger partial charge is 1.00 e. The van der Waals surface area contributed by atoms with E-state index in [1.807, 2.05) is 48.5 Å². The van der Waals surface area contributed by atoms with Crippen molar-refractivity contribution in [3.8, 4) is 5.75 Å². The minimum absolute atomic E-state index is 0. The molecule has 0 atom stereocenters. The minimum atomic E-state index is 0. The average Bonchev–Trinajstić information content (AvgIpc) is 2.89. The van der Waals surface area contributed by atoms with Crippen molar-refractivity contribution in [3.05, 3.63) is 90.5 Å². The molecule has 0 fully saturated rings. The summed E-state index contributed by atoms with van der Waals surface area (Å²) in [5.41, 5.74) is 3.16. The van der Waals surface area contributed by atoms with Crippen molar-refractivity contribution < 1.29 is 39.4 Å². The van der Waals surface area contributed by atoms with Crippen LogP contribution in [0, 0.1) is 0 Å². The lowest BCUT2D eigenvalue weighted by atomic mass is 10.2. The first kappa shape index (κ1) is 31.5. The molecule has 3 aromatic carbocycles. The third kappa shape index (κ3) is 11.5. The molecule has 0 radical (unpaired) electrons. The van der Waals surface area contributed by atoms with E-state index >= 15 is 0 Å². The highest BCUT2D eigenvalue weighted by Crippen LogP contribution is 2.13. The van der Waals surface area contributed by atoms with Crippen LogP contribution in [0.4, 0.5) is 11.4 Å². The third-order valence-electron chi connectivity index (χ3n) is 5.94. The van der Waals surface area contributed by atoms with Crippen LogP contribution in [0.2, 0.25) is 0 Å². The molecule has 0 heterocycles. The van der Waals surface area contributed by atoms with Gasteiger partial charge in [-0.3, -0.25) is 0 Å². The Balaban J connectivity index is 0.00000324. The molecule has 3 rings (SSSR count). The summed E-state index contributed by atoms with van der Waals surface area (Å²) in [6.07, 6.45) is 6.27. The predicted molar refractivity (Wildman–Crippen MR) is 143 cm³/mol. The zero-order chi connectivity index (χ0) is 23.8. The van der Waals surface area contributed by atoms with Crippen LogP contribution in [0.1, 0.15) is 51.5 Å². The maximum Gasteiger partial charge on any atom is 0.285 e. The Hall–Kier alpha value is -2.53. The summed E-state index contributed by atoms with van der Waals surface area (Å²) in [6.45, 7) is 9.09. The van der Waals surface area contributed by atoms with Crippen molar-refractivity contribution in [1.29, 1.82) is 0 Å². The third-order valence-corrected chi connectivity index (χ3v) is 5.94. The van der Waals surface area contributed by atoms with Crippen molar-refractivity contribution in [1.82, 2.24) is 0 Å². The summed E-state index contributed by atoms with van der Waals surface area (Å²) >= 11 is 0. The Morgan fingerprint density at radius 2 is 1.28 bits per heavy atom. The Morgan fingerprint density at radius 3 is 1.86 bits per heavy atom. The lowest BCUT2D eigenvalue weighted by Gasteiger charge is -2.19. The summed E-state index contributed by atoms with van der Waals surface area (Å²) in [5.74, 6) is 1.87. The van der Waals surface area contributed by atoms with Gasteiger partial charge in [0.25, 0.3) is 5.84 Å². The van der Waals surface area contributed by atoms with Gasteiger partial charge >= 0.3 is 0 Å². The number of benzene rings is 3. The van der Waals surface area contributed by atoms with Crippen LogP contribution >= 0.6 is 0 Å². The smallest absolute Gasteiger partial charge is 0.285 e. The first-order chi connectivity index (χ1) is 16.8. The van der Waals surface area contributed by atoms with Gasteiger partial charge in [0.1, 0.15) is 17.1 Å². The summed E-state index contributed by atoms with van der Waals surface area (Å²) in [5, 5.41) is 3.51. The number of hydrogen-bond acceptors (Lipinski definition) is 1. The molecule has 0 aliphatic rings. The van der Waals surface area contributed by atoms with Crippen LogP contribution in [-0.2, 0) is 0 Å². The lowest BCUT2D eigenvalue weighted by molar-refractivity contribution is -0.900. The normalized spacial score (nSPS) is 10.9. The van der Waals surface area contributed by atoms with E-state index in [0.717, 1.165) is 41.6 Å². The Morgan fingerprint density at radius 1 is 0.722 bits per heavy atom. The van der Waals surface area contributed by atoms with E-state index in [0.29, 0.717) is 0 Å². The van der Waals surface area contributed by atoms with Crippen molar-refractivity contribution in [2.45, 2.75) is 46.0 Å². The van der Waals surface area contributed by atoms with Crippen LogP contribution in [0.25, 0.3) is 0 Å². The maximum absolute atomic E-state index is 6.04. The van der Waals surface area contributed by atoms with E-state index in [1.165, 1.54) is 45.3 Å². The second kappa shape index (κ2) is 18.7. The SMILES string of the molecule is CCCC[NH+](CCCC)CCCOc1ccc([NH+]=C(Nc2ccccc2)c2ccccc2)cc1.[Cl-].[Cl-]. The van der Waals surface area contributed by atoms with Gasteiger partial charge in [-0.15, -0.1) is 0 Å². The molecule has 0 amide bonds. The van der Waals surface area contributed by atoms with Gasteiger partial charge in [-0.2, -0.15) is 0 Å². The van der Waals surface area contributed by atoms with Crippen LogP contribution in [-0.4, -0.2) is 32.1 Å². The second-order valence-electron chi connectivity index (χ2n) is 8.79. The highest BCUT2D eigenvalue weighted by molar-refractivity contribution is 6.04. The number of amidine groups is 1. The molecule has 0 unspecified atom stereocenters. The number of ether oxygens (including phenoxy) is 1. The van der Waals surface area contributed by atoms with Gasteiger partial charge in [-0.05, 0) is 61.4 Å². The number of anilines is 1. The molecule has 0 aromatic heterocycles. The number of unbranched alkanes of at least 4 members (excludes halogenated alkanes) is 2. The monoisotopic (exact) mass is 529 g/mol. The van der Waals surface area contributed by atoms with Gasteiger partial charge in [0.15, 0.2) is 0 Å². The lowest BCUT2D eigenvalue weighted by Crippen LogP contribution is -3.12. The minimum Gasteiger partial charge on any atom is -1.00 e. The van der Waals surface area contributed by atoms with Crippen molar-refractivity contribution in [2.24, 2.45) is 0 Å². The van der Waals surface area contributed by atoms with Crippen LogP contribution in [0.15, 0.2) is 84.9 Å². The number of nitrogens with one attached hydrogen (secondary N) is 3. The number of hydrogen-bond donors (Lipinski definition) is 3. The van der Waals surface area contributed by atoms with Crippen molar-refractivity contribution in [3.63, 3.8) is 0 Å². The predicted octanol–water partition coefficient (Wildman–Crippen LogP) is -1.78. The van der Waals surface area contributed by atoms with E-state index in [9.17, 15) is 0 Å². The van der Waals surface area contributed by atoms with E-state index < -0.39 is 0 Å². The molecule has 0 bridgehead atoms. The Labute approximate surface area is 230 Å². The number of halogens is 2. The van der Waals surface area contributed by atoms with E-state index in [2.05, 4.69) is 60.6 Å². The van der Waals surface area contributed by atoms with E-state index in [1.54, 1.807) is 4.90 Å². The van der Waals surface area contributed by atoms with Gasteiger partial charge in [0.05, 0.1) is 31.8 Å². The molecule has 3 N–H and O–H groups in total. The second-order valence-corrected chi connectivity index (χ2v) is 8.79. The van der Waals surface area contributed by atoms with Gasteiger partial charge < -0.3 is 34.5 Å². The Bertz CT molecular complexity index is 959. The first-order valence-electron chi connectivity index (χ1n) is 12.9.